The van der Waals surface area contributed by atoms with Crippen molar-refractivity contribution in [3.8, 4) is 0 Å². The molecule has 0 spiro atoms. The normalized spacial score (nSPS) is 15.2. The number of nitrogens with zero attached hydrogens (tertiary/aromatic N) is 4. The van der Waals surface area contributed by atoms with E-state index in [0.717, 1.165) is 63.6 Å². The van der Waals surface area contributed by atoms with Gasteiger partial charge in [0.15, 0.2) is 10.3 Å². The van der Waals surface area contributed by atoms with Crippen LogP contribution in [0.1, 0.15) is 12.5 Å². The molecule has 27 heavy (non-hydrogen) atoms. The predicted octanol–water partition coefficient (Wildman–Crippen LogP) is 5.45. The number of fused-ring (bicyclic) bond motifs is 2. The summed E-state index contributed by atoms with van der Waals surface area (Å²) in [6.45, 7) is 6.02. The van der Waals surface area contributed by atoms with Gasteiger partial charge in [-0.25, -0.2) is 9.97 Å². The molecule has 5 rings (SSSR count). The van der Waals surface area contributed by atoms with Gasteiger partial charge in [0.2, 0.25) is 0 Å². The summed E-state index contributed by atoms with van der Waals surface area (Å²) in [6, 6.07) is 12.6. The molecule has 7 heteroatoms. The molecule has 0 amide bonds. The second-order valence-corrected chi connectivity index (χ2v) is 9.13. The molecule has 0 aliphatic carbocycles. The van der Waals surface area contributed by atoms with E-state index in [2.05, 4.69) is 41.0 Å². The standard InChI is InChI=1S/C20H19ClN4S2/c1-2-13-6-7-15-17(12-13)27-19(22-15)24-8-10-25(11-9-24)20-23-18-14(21)4-3-5-16(18)26-20/h3-7,12H,2,8-11H2,1H3. The smallest absolute Gasteiger partial charge is 0.186 e. The number of hydrogen-bond donors (Lipinski definition) is 0. The number of hydrogen-bond acceptors (Lipinski definition) is 6. The second-order valence-electron chi connectivity index (χ2n) is 6.71. The number of aromatic nitrogens is 2. The summed E-state index contributed by atoms with van der Waals surface area (Å²) >= 11 is 9.81. The maximum atomic E-state index is 6.28. The number of halogens is 1. The second kappa shape index (κ2) is 6.93. The van der Waals surface area contributed by atoms with Gasteiger partial charge in [0, 0.05) is 26.2 Å². The lowest BCUT2D eigenvalue weighted by molar-refractivity contribution is 0.651. The molecule has 0 unspecified atom stereocenters. The lowest BCUT2D eigenvalue weighted by Gasteiger charge is -2.34. The average Bonchev–Trinajstić information content (AvgIpc) is 3.32. The summed E-state index contributed by atoms with van der Waals surface area (Å²) in [4.78, 5) is 14.4. The zero-order chi connectivity index (χ0) is 18.4. The molecule has 2 aromatic carbocycles. The number of anilines is 2. The van der Waals surface area contributed by atoms with E-state index in [9.17, 15) is 0 Å². The van der Waals surface area contributed by atoms with Crippen LogP contribution < -0.4 is 9.80 Å². The van der Waals surface area contributed by atoms with E-state index in [0.29, 0.717) is 0 Å². The Bertz CT molecular complexity index is 1110. The highest BCUT2D eigenvalue weighted by Crippen LogP contribution is 2.34. The van der Waals surface area contributed by atoms with Crippen LogP contribution in [0.2, 0.25) is 5.02 Å². The zero-order valence-corrected chi connectivity index (χ0v) is 17.4. The fraction of sp³-hybridized carbons (Fsp3) is 0.300. The number of piperazine rings is 1. The average molecular weight is 415 g/mol. The predicted molar refractivity (Wildman–Crippen MR) is 118 cm³/mol. The highest BCUT2D eigenvalue weighted by atomic mass is 35.5. The van der Waals surface area contributed by atoms with Crippen molar-refractivity contribution in [3.63, 3.8) is 0 Å². The van der Waals surface area contributed by atoms with Crippen molar-refractivity contribution in [2.24, 2.45) is 0 Å². The van der Waals surface area contributed by atoms with Gasteiger partial charge in [0.05, 0.1) is 19.9 Å². The van der Waals surface area contributed by atoms with Crippen LogP contribution in [0.5, 0.6) is 0 Å². The van der Waals surface area contributed by atoms with Crippen molar-refractivity contribution in [2.75, 3.05) is 36.0 Å². The minimum Gasteiger partial charge on any atom is -0.345 e. The van der Waals surface area contributed by atoms with E-state index in [4.69, 9.17) is 21.6 Å². The topological polar surface area (TPSA) is 32.3 Å². The third-order valence-electron chi connectivity index (χ3n) is 5.03. The first-order valence-corrected chi connectivity index (χ1v) is 11.2. The Morgan fingerprint density at radius 2 is 1.63 bits per heavy atom. The molecule has 0 radical (unpaired) electrons. The van der Waals surface area contributed by atoms with Gasteiger partial charge in [-0.3, -0.25) is 0 Å². The Morgan fingerprint density at radius 3 is 2.33 bits per heavy atom. The molecule has 0 N–H and O–H groups in total. The molecule has 4 aromatic rings. The van der Waals surface area contributed by atoms with Crippen LogP contribution in [-0.2, 0) is 6.42 Å². The zero-order valence-electron chi connectivity index (χ0n) is 15.0. The highest BCUT2D eigenvalue weighted by Gasteiger charge is 2.22. The van der Waals surface area contributed by atoms with Gasteiger partial charge < -0.3 is 9.80 Å². The molecule has 1 saturated heterocycles. The maximum Gasteiger partial charge on any atom is 0.186 e. The van der Waals surface area contributed by atoms with Crippen molar-refractivity contribution in [1.82, 2.24) is 9.97 Å². The van der Waals surface area contributed by atoms with Crippen molar-refractivity contribution in [2.45, 2.75) is 13.3 Å². The van der Waals surface area contributed by atoms with E-state index < -0.39 is 0 Å². The van der Waals surface area contributed by atoms with Gasteiger partial charge in [0.1, 0.15) is 5.52 Å². The molecule has 2 aromatic heterocycles. The van der Waals surface area contributed by atoms with Gasteiger partial charge in [-0.2, -0.15) is 0 Å². The van der Waals surface area contributed by atoms with Gasteiger partial charge in [-0.05, 0) is 36.2 Å². The molecule has 1 aliphatic heterocycles. The number of para-hydroxylation sites is 1. The summed E-state index contributed by atoms with van der Waals surface area (Å²) in [6.07, 6.45) is 1.06. The van der Waals surface area contributed by atoms with Crippen LogP contribution in [0.15, 0.2) is 36.4 Å². The summed E-state index contributed by atoms with van der Waals surface area (Å²) in [5.41, 5.74) is 3.40. The number of benzene rings is 2. The van der Waals surface area contributed by atoms with Crippen LogP contribution in [0.25, 0.3) is 20.4 Å². The Morgan fingerprint density at radius 1 is 0.926 bits per heavy atom. The van der Waals surface area contributed by atoms with Gasteiger partial charge in [0.25, 0.3) is 0 Å². The molecular weight excluding hydrogens is 396 g/mol. The molecule has 1 aliphatic rings. The third-order valence-corrected chi connectivity index (χ3v) is 7.49. The third kappa shape index (κ3) is 3.16. The van der Waals surface area contributed by atoms with Crippen molar-refractivity contribution >= 4 is 65.0 Å². The van der Waals surface area contributed by atoms with Gasteiger partial charge in [-0.1, -0.05) is 53.3 Å². The fourth-order valence-corrected chi connectivity index (χ4v) is 5.84. The lowest BCUT2D eigenvalue weighted by atomic mass is 10.2. The molecule has 0 bridgehead atoms. The van der Waals surface area contributed by atoms with E-state index in [-0.39, 0.29) is 0 Å². The highest BCUT2D eigenvalue weighted by molar-refractivity contribution is 7.22. The molecule has 0 saturated carbocycles. The Labute approximate surface area is 171 Å². The number of thiazole rings is 2. The van der Waals surface area contributed by atoms with E-state index in [1.54, 1.807) is 22.7 Å². The molecule has 0 atom stereocenters. The van der Waals surface area contributed by atoms with E-state index in [1.807, 2.05) is 12.1 Å². The number of rotatable bonds is 3. The van der Waals surface area contributed by atoms with Crippen LogP contribution in [0.4, 0.5) is 10.3 Å². The first-order chi connectivity index (χ1) is 13.2. The quantitative estimate of drug-likeness (QED) is 0.446. The monoisotopic (exact) mass is 414 g/mol. The minimum absolute atomic E-state index is 0.731. The first kappa shape index (κ1) is 17.2. The minimum atomic E-state index is 0.731. The molecular formula is C20H19ClN4S2. The molecule has 4 nitrogen and oxygen atoms in total. The Hall–Kier alpha value is -1.89. The Kier molecular flexibility index (Phi) is 4.42. The van der Waals surface area contributed by atoms with E-state index >= 15 is 0 Å². The van der Waals surface area contributed by atoms with Crippen molar-refractivity contribution < 1.29 is 0 Å². The molecule has 1 fully saturated rings. The van der Waals surface area contributed by atoms with Crippen LogP contribution in [0.3, 0.4) is 0 Å². The Balaban J connectivity index is 1.34. The van der Waals surface area contributed by atoms with Crippen LogP contribution in [-0.4, -0.2) is 36.1 Å². The number of aryl methyl sites for hydroxylation is 1. The molecule has 3 heterocycles. The van der Waals surface area contributed by atoms with Crippen LogP contribution in [0, 0.1) is 0 Å². The summed E-state index contributed by atoms with van der Waals surface area (Å²) in [5, 5.41) is 2.93. The SMILES string of the molecule is CCc1ccc2nc(N3CCN(c4nc5c(Cl)cccc5s4)CC3)sc2c1. The van der Waals surface area contributed by atoms with Gasteiger partial charge >= 0.3 is 0 Å². The van der Waals surface area contributed by atoms with Gasteiger partial charge in [-0.15, -0.1) is 0 Å². The summed E-state index contributed by atoms with van der Waals surface area (Å²) < 4.78 is 2.44. The van der Waals surface area contributed by atoms with E-state index in [1.165, 1.54) is 10.3 Å². The maximum absolute atomic E-state index is 6.28. The first-order valence-electron chi connectivity index (χ1n) is 9.15. The molecule has 138 valence electrons. The lowest BCUT2D eigenvalue weighted by Crippen LogP contribution is -2.46. The van der Waals surface area contributed by atoms with Crippen molar-refractivity contribution in [1.29, 1.82) is 0 Å². The van der Waals surface area contributed by atoms with Crippen LogP contribution >= 0.6 is 34.3 Å². The largest absolute Gasteiger partial charge is 0.345 e. The van der Waals surface area contributed by atoms with Crippen molar-refractivity contribution in [3.05, 3.63) is 47.0 Å². The fourth-order valence-electron chi connectivity index (χ4n) is 3.44. The summed E-state index contributed by atoms with van der Waals surface area (Å²) in [7, 11) is 0. The summed E-state index contributed by atoms with van der Waals surface area (Å²) in [5.74, 6) is 0.